The van der Waals surface area contributed by atoms with Crippen molar-refractivity contribution < 1.29 is 9.53 Å². The summed E-state index contributed by atoms with van der Waals surface area (Å²) in [6.45, 7) is 2.64. The van der Waals surface area contributed by atoms with Crippen molar-refractivity contribution in [3.8, 4) is 5.75 Å². The highest BCUT2D eigenvalue weighted by Gasteiger charge is 2.18. The van der Waals surface area contributed by atoms with Gasteiger partial charge in [0.15, 0.2) is 10.9 Å². The van der Waals surface area contributed by atoms with Gasteiger partial charge in [-0.15, -0.1) is 10.2 Å². The SMILES string of the molecule is CCCCn1c(=O)c2ccccc2n2c(SCC(=O)c3ccc(OC)c(Cl)c3)nnc12. The first-order valence-electron chi connectivity index (χ1n) is 9.91. The first kappa shape index (κ1) is 21.4. The van der Waals surface area contributed by atoms with Crippen molar-refractivity contribution in [2.75, 3.05) is 12.9 Å². The van der Waals surface area contributed by atoms with Gasteiger partial charge in [0.1, 0.15) is 5.75 Å². The molecule has 0 spiro atoms. The number of benzene rings is 2. The molecule has 4 aromatic rings. The van der Waals surface area contributed by atoms with Crippen molar-refractivity contribution in [3.63, 3.8) is 0 Å². The molecule has 0 fully saturated rings. The second kappa shape index (κ2) is 9.11. The van der Waals surface area contributed by atoms with Crippen LogP contribution in [0, 0.1) is 0 Å². The van der Waals surface area contributed by atoms with Crippen LogP contribution < -0.4 is 10.3 Å². The van der Waals surface area contributed by atoms with E-state index in [1.165, 1.54) is 18.9 Å². The van der Waals surface area contributed by atoms with Gasteiger partial charge < -0.3 is 4.74 Å². The number of carbonyl (C=O) groups excluding carboxylic acids is 1. The Balaban J connectivity index is 1.70. The predicted molar refractivity (Wildman–Crippen MR) is 123 cm³/mol. The van der Waals surface area contributed by atoms with E-state index in [4.69, 9.17) is 16.3 Å². The number of carbonyl (C=O) groups is 1. The zero-order valence-electron chi connectivity index (χ0n) is 17.2. The number of aryl methyl sites for hydroxylation is 1. The molecule has 160 valence electrons. The van der Waals surface area contributed by atoms with E-state index in [0.717, 1.165) is 18.4 Å². The Morgan fingerprint density at radius 2 is 2.00 bits per heavy atom. The number of ether oxygens (including phenoxy) is 1. The number of hydrogen-bond acceptors (Lipinski definition) is 6. The molecule has 0 aliphatic carbocycles. The van der Waals surface area contributed by atoms with Crippen LogP contribution in [0.1, 0.15) is 30.1 Å². The van der Waals surface area contributed by atoms with Crippen LogP contribution in [0.4, 0.5) is 0 Å². The average molecular weight is 457 g/mol. The number of ketones is 1. The number of nitrogens with zero attached hydrogens (tertiary/aromatic N) is 4. The number of para-hydroxylation sites is 1. The smallest absolute Gasteiger partial charge is 0.262 e. The van der Waals surface area contributed by atoms with Gasteiger partial charge in [-0.25, -0.2) is 0 Å². The van der Waals surface area contributed by atoms with Crippen LogP contribution in [0.15, 0.2) is 52.4 Å². The van der Waals surface area contributed by atoms with Gasteiger partial charge in [0, 0.05) is 12.1 Å². The summed E-state index contributed by atoms with van der Waals surface area (Å²) < 4.78 is 8.65. The molecule has 0 atom stereocenters. The monoisotopic (exact) mass is 456 g/mol. The zero-order valence-corrected chi connectivity index (χ0v) is 18.7. The number of Topliss-reactive ketones (excluding diaryl/α,β-unsaturated/α-hetero) is 1. The molecule has 0 amide bonds. The minimum absolute atomic E-state index is 0.0792. The molecule has 4 rings (SSSR count). The first-order chi connectivity index (χ1) is 15.0. The van der Waals surface area contributed by atoms with Gasteiger partial charge in [-0.05, 0) is 36.8 Å². The van der Waals surface area contributed by atoms with Crippen LogP contribution >= 0.6 is 23.4 Å². The van der Waals surface area contributed by atoms with E-state index in [1.54, 1.807) is 28.8 Å². The van der Waals surface area contributed by atoms with Gasteiger partial charge in [-0.3, -0.25) is 18.6 Å². The van der Waals surface area contributed by atoms with Gasteiger partial charge in [0.05, 0.1) is 28.8 Å². The number of rotatable bonds is 8. The molecule has 31 heavy (non-hydrogen) atoms. The number of hydrogen-bond donors (Lipinski definition) is 0. The molecule has 0 aliphatic rings. The average Bonchev–Trinajstić information content (AvgIpc) is 3.21. The molecule has 0 saturated heterocycles. The third-order valence-electron chi connectivity index (χ3n) is 5.02. The quantitative estimate of drug-likeness (QED) is 0.287. The number of thioether (sulfide) groups is 1. The number of aromatic nitrogens is 4. The predicted octanol–water partition coefficient (Wildman–Crippen LogP) is 4.48. The van der Waals surface area contributed by atoms with E-state index in [-0.39, 0.29) is 17.1 Å². The van der Waals surface area contributed by atoms with Gasteiger partial charge >= 0.3 is 0 Å². The molecule has 0 bridgehead atoms. The number of fused-ring (bicyclic) bond motifs is 3. The van der Waals surface area contributed by atoms with E-state index < -0.39 is 0 Å². The third-order valence-corrected chi connectivity index (χ3v) is 6.24. The van der Waals surface area contributed by atoms with Crippen molar-refractivity contribution in [1.82, 2.24) is 19.2 Å². The van der Waals surface area contributed by atoms with E-state index in [0.29, 0.717) is 39.2 Å². The van der Waals surface area contributed by atoms with E-state index in [1.807, 2.05) is 22.6 Å². The van der Waals surface area contributed by atoms with Crippen LogP contribution in [0.25, 0.3) is 16.7 Å². The summed E-state index contributed by atoms with van der Waals surface area (Å²) in [4.78, 5) is 25.7. The summed E-state index contributed by atoms with van der Waals surface area (Å²) in [5.74, 6) is 1.08. The molecule has 9 heteroatoms. The largest absolute Gasteiger partial charge is 0.495 e. The van der Waals surface area contributed by atoms with Crippen molar-refractivity contribution in [2.45, 2.75) is 31.5 Å². The molecule has 2 aromatic carbocycles. The fraction of sp³-hybridized carbons (Fsp3) is 0.273. The lowest BCUT2D eigenvalue weighted by Crippen LogP contribution is -2.23. The summed E-state index contributed by atoms with van der Waals surface area (Å²) in [5.41, 5.74) is 1.14. The van der Waals surface area contributed by atoms with Crippen molar-refractivity contribution in [1.29, 1.82) is 0 Å². The van der Waals surface area contributed by atoms with Crippen LogP contribution in [0.2, 0.25) is 5.02 Å². The maximum absolute atomic E-state index is 13.0. The minimum atomic E-state index is -0.0880. The molecule has 0 saturated carbocycles. The lowest BCUT2D eigenvalue weighted by atomic mass is 10.1. The molecule has 2 aromatic heterocycles. The van der Waals surface area contributed by atoms with E-state index in [2.05, 4.69) is 17.1 Å². The summed E-state index contributed by atoms with van der Waals surface area (Å²) in [6.07, 6.45) is 1.82. The van der Waals surface area contributed by atoms with Crippen molar-refractivity contribution >= 4 is 45.8 Å². The van der Waals surface area contributed by atoms with Crippen molar-refractivity contribution in [2.24, 2.45) is 0 Å². The maximum atomic E-state index is 13.0. The van der Waals surface area contributed by atoms with E-state index in [9.17, 15) is 9.59 Å². The summed E-state index contributed by atoms with van der Waals surface area (Å²) in [5, 5.41) is 10.1. The summed E-state index contributed by atoms with van der Waals surface area (Å²) >= 11 is 7.43. The third kappa shape index (κ3) is 4.05. The Morgan fingerprint density at radius 1 is 1.19 bits per heavy atom. The lowest BCUT2D eigenvalue weighted by Gasteiger charge is -2.10. The first-order valence-corrected chi connectivity index (χ1v) is 11.3. The second-order valence-corrected chi connectivity index (χ2v) is 8.36. The molecule has 7 nitrogen and oxygen atoms in total. The molecule has 0 radical (unpaired) electrons. The molecule has 0 N–H and O–H groups in total. The standard InChI is InChI=1S/C22H21ClN4O3S/c1-3-4-11-26-20(29)15-7-5-6-8-17(15)27-21(26)24-25-22(27)31-13-18(28)14-9-10-19(30-2)16(23)12-14/h5-10,12H,3-4,11,13H2,1-2H3. The molecular formula is C22H21ClN4O3S. The normalized spacial score (nSPS) is 11.3. The highest BCUT2D eigenvalue weighted by atomic mass is 35.5. The Bertz CT molecular complexity index is 1330. The maximum Gasteiger partial charge on any atom is 0.262 e. The topological polar surface area (TPSA) is 78.5 Å². The Kier molecular flexibility index (Phi) is 6.29. The van der Waals surface area contributed by atoms with Crippen LogP contribution in [-0.4, -0.2) is 37.8 Å². The highest BCUT2D eigenvalue weighted by molar-refractivity contribution is 7.99. The molecular weight excluding hydrogens is 436 g/mol. The minimum Gasteiger partial charge on any atom is -0.495 e. The highest BCUT2D eigenvalue weighted by Crippen LogP contribution is 2.27. The summed E-state index contributed by atoms with van der Waals surface area (Å²) in [7, 11) is 1.53. The fourth-order valence-corrected chi connectivity index (χ4v) is 4.49. The molecule has 2 heterocycles. The van der Waals surface area contributed by atoms with Gasteiger partial charge in [0.2, 0.25) is 5.78 Å². The van der Waals surface area contributed by atoms with Gasteiger partial charge in [-0.1, -0.05) is 48.8 Å². The zero-order chi connectivity index (χ0) is 22.0. The van der Waals surface area contributed by atoms with Gasteiger partial charge in [-0.2, -0.15) is 0 Å². The van der Waals surface area contributed by atoms with Crippen LogP contribution in [0.5, 0.6) is 5.75 Å². The lowest BCUT2D eigenvalue weighted by molar-refractivity contribution is 0.102. The van der Waals surface area contributed by atoms with Gasteiger partial charge in [0.25, 0.3) is 5.56 Å². The second-order valence-electron chi connectivity index (χ2n) is 7.01. The van der Waals surface area contributed by atoms with Crippen LogP contribution in [-0.2, 0) is 6.54 Å². The Hall–Kier alpha value is -2.84. The molecule has 0 unspecified atom stereocenters. The van der Waals surface area contributed by atoms with Crippen molar-refractivity contribution in [3.05, 3.63) is 63.4 Å². The number of methoxy groups -OCH3 is 1. The Morgan fingerprint density at radius 3 is 2.74 bits per heavy atom. The number of halogens is 1. The molecule has 0 aliphatic heterocycles. The van der Waals surface area contributed by atoms with Crippen LogP contribution in [0.3, 0.4) is 0 Å². The summed E-state index contributed by atoms with van der Waals surface area (Å²) in [6, 6.07) is 12.3. The number of unbranched alkanes of at least 4 members (excludes halogenated alkanes) is 1. The van der Waals surface area contributed by atoms with E-state index >= 15 is 0 Å². The Labute approximate surface area is 188 Å². The fourth-order valence-electron chi connectivity index (χ4n) is 3.40.